The van der Waals surface area contributed by atoms with Crippen LogP contribution in [0.3, 0.4) is 0 Å². The summed E-state index contributed by atoms with van der Waals surface area (Å²) in [5.41, 5.74) is 0. The molecule has 7 heteroatoms. The molecular formula is C16H32NO5S+. The summed E-state index contributed by atoms with van der Waals surface area (Å²) in [6.07, 6.45) is 3.88. The molecule has 0 rings (SSSR count). The van der Waals surface area contributed by atoms with Crippen molar-refractivity contribution in [1.82, 2.24) is 0 Å². The normalized spacial score (nSPS) is 15.7. The summed E-state index contributed by atoms with van der Waals surface area (Å²) in [6, 6.07) is -0.0788. The van der Waals surface area contributed by atoms with Crippen LogP contribution in [0, 0.1) is 0 Å². The van der Waals surface area contributed by atoms with E-state index in [-0.39, 0.29) is 24.1 Å². The van der Waals surface area contributed by atoms with Gasteiger partial charge in [-0.1, -0.05) is 19.9 Å². The molecule has 2 atom stereocenters. The Morgan fingerprint density at radius 2 is 1.74 bits per heavy atom. The average molecular weight is 351 g/mol. The van der Waals surface area contributed by atoms with E-state index >= 15 is 0 Å². The van der Waals surface area contributed by atoms with Crippen LogP contribution in [-0.2, 0) is 14.9 Å². The number of aliphatic hydroxyl groups excluding tert-OH is 1. The lowest BCUT2D eigenvalue weighted by Crippen LogP contribution is -2.59. The molecule has 0 saturated carbocycles. The van der Waals surface area contributed by atoms with Gasteiger partial charge in [0.25, 0.3) is 10.1 Å². The molecule has 0 saturated heterocycles. The maximum atomic E-state index is 11.9. The zero-order valence-electron chi connectivity index (χ0n) is 14.7. The largest absolute Gasteiger partial charge is 0.379 e. The van der Waals surface area contributed by atoms with Gasteiger partial charge in [-0.2, -0.15) is 8.42 Å². The smallest absolute Gasteiger partial charge is 0.265 e. The fraction of sp³-hybridized carbons (Fsp3) is 0.812. The van der Waals surface area contributed by atoms with Crippen molar-refractivity contribution in [3.8, 4) is 0 Å². The summed E-state index contributed by atoms with van der Waals surface area (Å²) >= 11 is 0. The van der Waals surface area contributed by atoms with Gasteiger partial charge >= 0.3 is 0 Å². The molecule has 0 aliphatic carbocycles. The third-order valence-corrected chi connectivity index (χ3v) is 5.01. The van der Waals surface area contributed by atoms with Crippen LogP contribution in [-0.4, -0.2) is 65.9 Å². The Balaban J connectivity index is 5.31. The van der Waals surface area contributed by atoms with Gasteiger partial charge < -0.3 is 9.59 Å². The second-order valence-corrected chi connectivity index (χ2v) is 7.76. The van der Waals surface area contributed by atoms with Gasteiger partial charge in [0.05, 0.1) is 24.9 Å². The summed E-state index contributed by atoms with van der Waals surface area (Å²) in [6.45, 7) is 9.46. The van der Waals surface area contributed by atoms with Crippen LogP contribution in [0.15, 0.2) is 12.2 Å². The quantitative estimate of drug-likeness (QED) is 0.318. The highest BCUT2D eigenvalue weighted by Crippen LogP contribution is 2.21. The van der Waals surface area contributed by atoms with E-state index in [0.717, 1.165) is 25.9 Å². The highest BCUT2D eigenvalue weighted by Gasteiger charge is 2.36. The maximum Gasteiger partial charge on any atom is 0.265 e. The van der Waals surface area contributed by atoms with Gasteiger partial charge in [-0.15, -0.1) is 0 Å². The maximum absolute atomic E-state index is 11.9. The molecule has 2 unspecified atom stereocenters. The van der Waals surface area contributed by atoms with E-state index in [1.165, 1.54) is 6.08 Å². The number of carbonyl (C=O) groups is 1. The summed E-state index contributed by atoms with van der Waals surface area (Å²) in [4.78, 5) is 11.9. The first-order chi connectivity index (χ1) is 10.6. The Kier molecular flexibility index (Phi) is 9.84. The number of hydrogen-bond donors (Lipinski definition) is 2. The third-order valence-electron chi connectivity index (χ3n) is 4.26. The second-order valence-electron chi connectivity index (χ2n) is 6.19. The molecule has 2 N–H and O–H groups in total. The number of nitrogens with zero attached hydrogens (tertiary/aromatic N) is 1. The van der Waals surface area contributed by atoms with Gasteiger partial charge in [0.2, 0.25) is 0 Å². The van der Waals surface area contributed by atoms with E-state index in [9.17, 15) is 18.3 Å². The molecule has 6 nitrogen and oxygen atoms in total. The van der Waals surface area contributed by atoms with Gasteiger partial charge in [0.15, 0.2) is 11.9 Å². The minimum Gasteiger partial charge on any atom is -0.379 e. The second kappa shape index (κ2) is 10.2. The lowest BCUT2D eigenvalue weighted by atomic mass is 10.1. The van der Waals surface area contributed by atoms with Crippen molar-refractivity contribution in [3.05, 3.63) is 12.2 Å². The molecule has 0 heterocycles. The zero-order chi connectivity index (χ0) is 18.1. The van der Waals surface area contributed by atoms with Gasteiger partial charge in [-0.25, -0.2) is 0 Å². The summed E-state index contributed by atoms with van der Waals surface area (Å²) in [5, 5.41) is 10.2. The predicted molar refractivity (Wildman–Crippen MR) is 91.8 cm³/mol. The van der Waals surface area contributed by atoms with E-state index in [4.69, 9.17) is 4.55 Å². The fourth-order valence-electron chi connectivity index (χ4n) is 3.11. The Labute approximate surface area is 140 Å². The minimum absolute atomic E-state index is 0.0788. The van der Waals surface area contributed by atoms with Crippen molar-refractivity contribution in [2.45, 2.75) is 59.1 Å². The van der Waals surface area contributed by atoms with Crippen LogP contribution in [0.2, 0.25) is 0 Å². The number of hydrogen-bond acceptors (Lipinski definition) is 4. The summed E-state index contributed by atoms with van der Waals surface area (Å²) < 4.78 is 31.5. The molecule has 0 fully saturated rings. The molecular weight excluding hydrogens is 318 g/mol. The van der Waals surface area contributed by atoms with Crippen molar-refractivity contribution >= 4 is 15.9 Å². The van der Waals surface area contributed by atoms with Crippen molar-refractivity contribution in [2.24, 2.45) is 0 Å². The number of aliphatic hydroxyl groups is 1. The lowest BCUT2D eigenvalue weighted by Gasteiger charge is -2.44. The molecule has 0 spiro atoms. The van der Waals surface area contributed by atoms with Crippen LogP contribution in [0.25, 0.3) is 0 Å². The minimum atomic E-state index is -4.01. The molecule has 136 valence electrons. The molecule has 0 aromatic rings. The van der Waals surface area contributed by atoms with E-state index in [1.54, 1.807) is 13.0 Å². The number of ketones is 1. The highest BCUT2D eigenvalue weighted by atomic mass is 32.2. The molecule has 0 aromatic heterocycles. The Bertz CT molecular complexity index is 481. The first-order valence-electron chi connectivity index (χ1n) is 8.27. The first-order valence-corrected chi connectivity index (χ1v) is 9.88. The monoisotopic (exact) mass is 350 g/mol. The lowest BCUT2D eigenvalue weighted by molar-refractivity contribution is -0.951. The zero-order valence-corrected chi connectivity index (χ0v) is 15.6. The Morgan fingerprint density at radius 3 is 2.13 bits per heavy atom. The molecule has 0 aliphatic heterocycles. The third kappa shape index (κ3) is 8.06. The average Bonchev–Trinajstić information content (AvgIpc) is 2.44. The van der Waals surface area contributed by atoms with E-state index in [0.29, 0.717) is 10.9 Å². The fourth-order valence-corrected chi connectivity index (χ4v) is 3.75. The van der Waals surface area contributed by atoms with Crippen molar-refractivity contribution in [3.63, 3.8) is 0 Å². The standard InChI is InChI=1S/C16H31NO5S/c1-5-8-15(18)16(19)13-17(10-6-2,11-7-3)14(4)9-12-23(20,21)22/h5,8,14,16,19H,6-7,9-13H2,1-4H3/p+1. The Morgan fingerprint density at radius 1 is 1.22 bits per heavy atom. The predicted octanol–water partition coefficient (Wildman–Crippen LogP) is 1.80. The van der Waals surface area contributed by atoms with Gasteiger partial charge in [0.1, 0.15) is 6.54 Å². The van der Waals surface area contributed by atoms with E-state index in [1.807, 2.05) is 20.8 Å². The number of allylic oxidation sites excluding steroid dienone is 1. The van der Waals surface area contributed by atoms with E-state index in [2.05, 4.69) is 0 Å². The van der Waals surface area contributed by atoms with Gasteiger partial charge in [-0.3, -0.25) is 9.35 Å². The summed E-state index contributed by atoms with van der Waals surface area (Å²) in [7, 11) is -4.01. The molecule has 0 aromatic carbocycles. The highest BCUT2D eigenvalue weighted by molar-refractivity contribution is 7.85. The SMILES string of the molecule is CC=CC(=O)C(O)C[N+](CCC)(CCC)C(C)CCS(=O)(=O)O. The van der Waals surface area contributed by atoms with Crippen molar-refractivity contribution in [2.75, 3.05) is 25.4 Å². The van der Waals surface area contributed by atoms with E-state index < -0.39 is 16.2 Å². The number of carbonyl (C=O) groups excluding carboxylic acids is 1. The molecule has 0 bridgehead atoms. The van der Waals surface area contributed by atoms with Crippen molar-refractivity contribution < 1.29 is 27.4 Å². The van der Waals surface area contributed by atoms with Crippen LogP contribution in [0.5, 0.6) is 0 Å². The Hall–Kier alpha value is -0.760. The van der Waals surface area contributed by atoms with Gasteiger partial charge in [-0.05, 0) is 32.8 Å². The molecule has 0 aliphatic rings. The van der Waals surface area contributed by atoms with Crippen LogP contribution in [0.4, 0.5) is 0 Å². The molecule has 0 radical (unpaired) electrons. The number of rotatable bonds is 12. The van der Waals surface area contributed by atoms with Gasteiger partial charge in [0, 0.05) is 6.42 Å². The number of quaternary nitrogens is 1. The topological polar surface area (TPSA) is 91.7 Å². The van der Waals surface area contributed by atoms with Crippen molar-refractivity contribution in [1.29, 1.82) is 0 Å². The molecule has 23 heavy (non-hydrogen) atoms. The molecule has 0 amide bonds. The van der Waals surface area contributed by atoms with Crippen LogP contribution in [0.1, 0.15) is 47.0 Å². The van der Waals surface area contributed by atoms with Crippen LogP contribution >= 0.6 is 0 Å². The van der Waals surface area contributed by atoms with Crippen LogP contribution < -0.4 is 0 Å². The first kappa shape index (κ1) is 22.2. The summed E-state index contributed by atoms with van der Waals surface area (Å²) in [5.74, 6) is -0.635.